The van der Waals surface area contributed by atoms with Crippen LogP contribution >= 0.6 is 0 Å². The number of rotatable bonds is 2. The van der Waals surface area contributed by atoms with Gasteiger partial charge in [-0.2, -0.15) is 5.26 Å². The smallest absolute Gasteiger partial charge is 0.252 e. The van der Waals surface area contributed by atoms with Gasteiger partial charge in [0.15, 0.2) is 0 Å². The Morgan fingerprint density at radius 1 is 1.29 bits per heavy atom. The van der Waals surface area contributed by atoms with Gasteiger partial charge in [-0.15, -0.1) is 0 Å². The molecule has 2 aliphatic rings. The summed E-state index contributed by atoms with van der Waals surface area (Å²) >= 11 is 0. The molecular formula is C17H20N2O2. The third kappa shape index (κ3) is 2.93. The highest BCUT2D eigenvalue weighted by Crippen LogP contribution is 2.39. The van der Waals surface area contributed by atoms with E-state index in [1.807, 2.05) is 0 Å². The highest BCUT2D eigenvalue weighted by Gasteiger charge is 2.41. The van der Waals surface area contributed by atoms with Crippen molar-refractivity contribution >= 4 is 5.91 Å². The van der Waals surface area contributed by atoms with Crippen LogP contribution in [-0.4, -0.2) is 24.2 Å². The molecule has 1 unspecified atom stereocenters. The molecule has 1 aromatic carbocycles. The average Bonchev–Trinajstić information content (AvgIpc) is 2.90. The lowest BCUT2D eigenvalue weighted by Crippen LogP contribution is -2.37. The summed E-state index contributed by atoms with van der Waals surface area (Å²) in [7, 11) is 0. The topological polar surface area (TPSA) is 62.1 Å². The molecule has 4 nitrogen and oxygen atoms in total. The van der Waals surface area contributed by atoms with Gasteiger partial charge in [0, 0.05) is 0 Å². The number of hydrogen-bond donors (Lipinski definition) is 1. The van der Waals surface area contributed by atoms with Gasteiger partial charge in [0.05, 0.1) is 35.4 Å². The first-order valence-electron chi connectivity index (χ1n) is 7.66. The van der Waals surface area contributed by atoms with E-state index in [9.17, 15) is 4.79 Å². The largest absolute Gasteiger partial charge is 0.373 e. The van der Waals surface area contributed by atoms with Crippen LogP contribution in [0.15, 0.2) is 24.3 Å². The summed E-state index contributed by atoms with van der Waals surface area (Å²) in [6, 6.07) is 9.04. The van der Waals surface area contributed by atoms with Crippen LogP contribution in [0.1, 0.15) is 54.4 Å². The Kier molecular flexibility index (Phi) is 3.94. The van der Waals surface area contributed by atoms with Crippen LogP contribution in [0, 0.1) is 11.3 Å². The number of hydrogen-bond acceptors (Lipinski definition) is 3. The zero-order valence-corrected chi connectivity index (χ0v) is 12.1. The lowest BCUT2D eigenvalue weighted by atomic mass is 9.82. The molecule has 1 atom stereocenters. The minimum atomic E-state index is -0.173. The fourth-order valence-corrected chi connectivity index (χ4v) is 3.52. The van der Waals surface area contributed by atoms with E-state index in [1.165, 1.54) is 19.3 Å². The summed E-state index contributed by atoms with van der Waals surface area (Å²) in [5.41, 5.74) is 0.858. The number of carbonyl (C=O) groups is 1. The third-order valence-electron chi connectivity index (χ3n) is 4.60. The Hall–Kier alpha value is -1.86. The van der Waals surface area contributed by atoms with E-state index in [0.717, 1.165) is 19.3 Å². The van der Waals surface area contributed by atoms with Crippen molar-refractivity contribution < 1.29 is 9.53 Å². The van der Waals surface area contributed by atoms with Crippen molar-refractivity contribution in [3.63, 3.8) is 0 Å². The Balaban J connectivity index is 1.65. The van der Waals surface area contributed by atoms with E-state index in [0.29, 0.717) is 17.7 Å². The number of nitrogens with one attached hydrogen (secondary N) is 1. The van der Waals surface area contributed by atoms with Crippen LogP contribution < -0.4 is 5.32 Å². The van der Waals surface area contributed by atoms with Crippen LogP contribution in [0.4, 0.5) is 0 Å². The van der Waals surface area contributed by atoms with E-state index in [-0.39, 0.29) is 17.6 Å². The fraction of sp³-hybridized carbons (Fsp3) is 0.529. The molecule has 1 heterocycles. The summed E-state index contributed by atoms with van der Waals surface area (Å²) in [6.45, 7) is 0.584. The Labute approximate surface area is 125 Å². The maximum absolute atomic E-state index is 12.3. The molecule has 1 saturated carbocycles. The van der Waals surface area contributed by atoms with Crippen LogP contribution in [0.5, 0.6) is 0 Å². The van der Waals surface area contributed by atoms with Crippen molar-refractivity contribution in [2.75, 3.05) is 6.61 Å². The number of ether oxygens (including phenoxy) is 1. The lowest BCUT2D eigenvalue weighted by Gasteiger charge is -2.32. The van der Waals surface area contributed by atoms with Crippen LogP contribution in [0.2, 0.25) is 0 Å². The van der Waals surface area contributed by atoms with Gasteiger partial charge in [-0.25, -0.2) is 0 Å². The predicted octanol–water partition coefficient (Wildman–Crippen LogP) is 2.78. The van der Waals surface area contributed by atoms with Gasteiger partial charge in [-0.1, -0.05) is 31.4 Å². The molecule has 3 rings (SSSR count). The zero-order valence-electron chi connectivity index (χ0n) is 12.1. The third-order valence-corrected chi connectivity index (χ3v) is 4.60. The highest BCUT2D eigenvalue weighted by atomic mass is 16.5. The molecule has 110 valence electrons. The molecule has 1 amide bonds. The maximum atomic E-state index is 12.3. The first-order chi connectivity index (χ1) is 10.2. The highest BCUT2D eigenvalue weighted by molar-refractivity contribution is 5.96. The van der Waals surface area contributed by atoms with E-state index in [4.69, 9.17) is 10.00 Å². The van der Waals surface area contributed by atoms with Crippen molar-refractivity contribution in [2.45, 2.75) is 50.2 Å². The Morgan fingerprint density at radius 2 is 2.05 bits per heavy atom. The average molecular weight is 284 g/mol. The van der Waals surface area contributed by atoms with Crippen molar-refractivity contribution in [3.8, 4) is 6.07 Å². The second-order valence-electron chi connectivity index (χ2n) is 6.09. The van der Waals surface area contributed by atoms with Gasteiger partial charge in [-0.3, -0.25) is 4.79 Å². The number of nitriles is 1. The number of nitrogens with zero attached hydrogens (tertiary/aromatic N) is 1. The molecule has 1 aliphatic carbocycles. The summed E-state index contributed by atoms with van der Waals surface area (Å²) < 4.78 is 6.01. The Morgan fingerprint density at radius 3 is 2.81 bits per heavy atom. The minimum Gasteiger partial charge on any atom is -0.373 e. The van der Waals surface area contributed by atoms with Gasteiger partial charge in [0.25, 0.3) is 5.91 Å². The van der Waals surface area contributed by atoms with E-state index in [2.05, 4.69) is 11.4 Å². The molecule has 0 bridgehead atoms. The van der Waals surface area contributed by atoms with Crippen molar-refractivity contribution in [1.82, 2.24) is 5.32 Å². The van der Waals surface area contributed by atoms with Gasteiger partial charge >= 0.3 is 0 Å². The summed E-state index contributed by atoms with van der Waals surface area (Å²) in [4.78, 5) is 12.3. The second kappa shape index (κ2) is 5.87. The molecular weight excluding hydrogens is 264 g/mol. The summed E-state index contributed by atoms with van der Waals surface area (Å²) in [5.74, 6) is -0.173. The number of carbonyl (C=O) groups excluding carboxylic acids is 1. The van der Waals surface area contributed by atoms with Gasteiger partial charge in [0.1, 0.15) is 0 Å². The first kappa shape index (κ1) is 14.1. The van der Waals surface area contributed by atoms with Crippen molar-refractivity contribution in [2.24, 2.45) is 0 Å². The molecule has 1 N–H and O–H groups in total. The Bertz CT molecular complexity index is 570. The second-order valence-corrected chi connectivity index (χ2v) is 6.09. The van der Waals surface area contributed by atoms with Crippen molar-refractivity contribution in [3.05, 3.63) is 35.4 Å². The normalized spacial score (nSPS) is 23.7. The molecule has 2 fully saturated rings. The molecule has 1 saturated heterocycles. The molecule has 1 spiro atoms. The van der Waals surface area contributed by atoms with Crippen LogP contribution in [-0.2, 0) is 4.74 Å². The van der Waals surface area contributed by atoms with Crippen molar-refractivity contribution in [1.29, 1.82) is 5.26 Å². The number of benzene rings is 1. The molecule has 0 aromatic heterocycles. The van der Waals surface area contributed by atoms with Gasteiger partial charge < -0.3 is 10.1 Å². The van der Waals surface area contributed by atoms with E-state index >= 15 is 0 Å². The molecule has 0 radical (unpaired) electrons. The molecule has 21 heavy (non-hydrogen) atoms. The maximum Gasteiger partial charge on any atom is 0.252 e. The fourth-order valence-electron chi connectivity index (χ4n) is 3.52. The van der Waals surface area contributed by atoms with E-state index in [1.54, 1.807) is 24.3 Å². The van der Waals surface area contributed by atoms with Crippen LogP contribution in [0.3, 0.4) is 0 Å². The molecule has 1 aliphatic heterocycles. The molecule has 1 aromatic rings. The quantitative estimate of drug-likeness (QED) is 0.908. The van der Waals surface area contributed by atoms with E-state index < -0.39 is 0 Å². The predicted molar refractivity (Wildman–Crippen MR) is 78.8 cm³/mol. The van der Waals surface area contributed by atoms with Crippen LogP contribution in [0.25, 0.3) is 0 Å². The molecule has 4 heteroatoms. The SMILES string of the molecule is N#Cc1ccccc1C(=O)NC1COC2(CCCCC2)C1. The number of amides is 1. The first-order valence-corrected chi connectivity index (χ1v) is 7.66. The van der Waals surface area contributed by atoms with Gasteiger partial charge in [-0.05, 0) is 31.4 Å². The lowest BCUT2D eigenvalue weighted by molar-refractivity contribution is -0.0246. The monoisotopic (exact) mass is 284 g/mol. The standard InChI is InChI=1S/C17H20N2O2/c18-11-13-6-2-3-7-15(13)16(20)19-14-10-17(21-12-14)8-4-1-5-9-17/h2-3,6-7,14H,1,4-5,8-10,12H2,(H,19,20). The van der Waals surface area contributed by atoms with Gasteiger partial charge in [0.2, 0.25) is 0 Å². The zero-order chi connectivity index (χ0) is 14.7. The summed E-state index contributed by atoms with van der Waals surface area (Å²) in [6.07, 6.45) is 6.84. The summed E-state index contributed by atoms with van der Waals surface area (Å²) in [5, 5.41) is 12.1. The minimum absolute atomic E-state index is 0.00899.